The monoisotopic (exact) mass is 269 g/mol. The summed E-state index contributed by atoms with van der Waals surface area (Å²) in [5.74, 6) is 0.0314. The van der Waals surface area contributed by atoms with Gasteiger partial charge in [0.1, 0.15) is 5.54 Å². The minimum Gasteiger partial charge on any atom is -0.480 e. The van der Waals surface area contributed by atoms with Gasteiger partial charge in [-0.2, -0.15) is 0 Å². The Kier molecular flexibility index (Phi) is 4.48. The summed E-state index contributed by atoms with van der Waals surface area (Å²) in [6.07, 6.45) is 1.94. The van der Waals surface area contributed by atoms with Crippen LogP contribution in [0.15, 0.2) is 0 Å². The average molecular weight is 269 g/mol. The molecule has 5 heteroatoms. The number of aliphatic carboxylic acids is 1. The second-order valence-corrected chi connectivity index (χ2v) is 6.59. The SMILES string of the molecule is CC(C)CN1CCN(CC(N)(C(=O)O)C2CC2)CC1. The highest BCUT2D eigenvalue weighted by atomic mass is 16.4. The lowest BCUT2D eigenvalue weighted by atomic mass is 9.93. The zero-order valence-corrected chi connectivity index (χ0v) is 12.1. The molecule has 1 saturated carbocycles. The van der Waals surface area contributed by atoms with Gasteiger partial charge < -0.3 is 15.7 Å². The standard InChI is InChI=1S/C14H27N3O2/c1-11(2)9-16-5-7-17(8-6-16)10-14(15,13(18)19)12-3-4-12/h11-12H,3-10,15H2,1-2H3,(H,18,19). The zero-order valence-electron chi connectivity index (χ0n) is 12.1. The van der Waals surface area contributed by atoms with Crippen molar-refractivity contribution in [3.63, 3.8) is 0 Å². The highest BCUT2D eigenvalue weighted by molar-refractivity contribution is 5.79. The van der Waals surface area contributed by atoms with Crippen molar-refractivity contribution in [2.24, 2.45) is 17.6 Å². The Labute approximate surface area is 115 Å². The molecule has 2 fully saturated rings. The van der Waals surface area contributed by atoms with Gasteiger partial charge in [0.05, 0.1) is 0 Å². The van der Waals surface area contributed by atoms with E-state index in [2.05, 4.69) is 23.6 Å². The van der Waals surface area contributed by atoms with E-state index in [4.69, 9.17) is 5.73 Å². The molecule has 0 spiro atoms. The van der Waals surface area contributed by atoms with Crippen molar-refractivity contribution in [3.8, 4) is 0 Å². The van der Waals surface area contributed by atoms with E-state index in [-0.39, 0.29) is 5.92 Å². The molecule has 1 aliphatic heterocycles. The maximum absolute atomic E-state index is 11.4. The molecule has 3 N–H and O–H groups in total. The van der Waals surface area contributed by atoms with E-state index in [1.165, 1.54) is 0 Å². The fraction of sp³-hybridized carbons (Fsp3) is 0.929. The maximum Gasteiger partial charge on any atom is 0.325 e. The molecule has 0 aromatic heterocycles. The van der Waals surface area contributed by atoms with E-state index in [1.54, 1.807) is 0 Å². The predicted molar refractivity (Wildman–Crippen MR) is 75.0 cm³/mol. The summed E-state index contributed by atoms with van der Waals surface area (Å²) >= 11 is 0. The van der Waals surface area contributed by atoms with Gasteiger partial charge >= 0.3 is 5.97 Å². The Bertz CT molecular complexity index is 323. The number of hydrogen-bond donors (Lipinski definition) is 2. The Hall–Kier alpha value is -0.650. The van der Waals surface area contributed by atoms with Crippen molar-refractivity contribution in [3.05, 3.63) is 0 Å². The van der Waals surface area contributed by atoms with Crippen LogP contribution >= 0.6 is 0 Å². The van der Waals surface area contributed by atoms with E-state index in [1.807, 2.05) is 0 Å². The Morgan fingerprint density at radius 2 is 1.79 bits per heavy atom. The third-order valence-corrected chi connectivity index (χ3v) is 4.28. The molecule has 0 aromatic carbocycles. The molecule has 0 bridgehead atoms. The molecule has 1 unspecified atom stereocenters. The van der Waals surface area contributed by atoms with Gasteiger partial charge in [-0.15, -0.1) is 0 Å². The first kappa shape index (κ1) is 14.8. The highest BCUT2D eigenvalue weighted by Gasteiger charge is 2.49. The summed E-state index contributed by atoms with van der Waals surface area (Å²) in [6.45, 7) is 10.0. The quantitative estimate of drug-likeness (QED) is 0.733. The molecule has 110 valence electrons. The smallest absolute Gasteiger partial charge is 0.325 e. The lowest BCUT2D eigenvalue weighted by molar-refractivity contribution is -0.145. The first-order valence-corrected chi connectivity index (χ1v) is 7.39. The number of carboxylic acid groups (broad SMARTS) is 1. The Morgan fingerprint density at radius 1 is 1.26 bits per heavy atom. The van der Waals surface area contributed by atoms with Gasteiger partial charge in [-0.05, 0) is 24.7 Å². The first-order valence-electron chi connectivity index (χ1n) is 7.39. The van der Waals surface area contributed by atoms with Gasteiger partial charge in [0.15, 0.2) is 0 Å². The van der Waals surface area contributed by atoms with Crippen molar-refractivity contribution in [1.29, 1.82) is 0 Å². The van der Waals surface area contributed by atoms with Crippen molar-refractivity contribution in [2.45, 2.75) is 32.2 Å². The van der Waals surface area contributed by atoms with E-state index in [0.717, 1.165) is 45.6 Å². The molecule has 1 aliphatic carbocycles. The van der Waals surface area contributed by atoms with Crippen LogP contribution in [-0.4, -0.2) is 65.7 Å². The van der Waals surface area contributed by atoms with Crippen LogP contribution in [0.1, 0.15) is 26.7 Å². The third-order valence-electron chi connectivity index (χ3n) is 4.28. The summed E-state index contributed by atoms with van der Waals surface area (Å²) in [5, 5.41) is 9.38. The molecule has 19 heavy (non-hydrogen) atoms. The second-order valence-electron chi connectivity index (χ2n) is 6.59. The van der Waals surface area contributed by atoms with Crippen molar-refractivity contribution in [1.82, 2.24) is 9.80 Å². The maximum atomic E-state index is 11.4. The normalized spacial score (nSPS) is 25.5. The van der Waals surface area contributed by atoms with Gasteiger partial charge in [0, 0.05) is 39.3 Å². The number of nitrogens with zero attached hydrogens (tertiary/aromatic N) is 2. The van der Waals surface area contributed by atoms with E-state index >= 15 is 0 Å². The number of carboxylic acids is 1. The summed E-state index contributed by atoms with van der Waals surface area (Å²) in [5.41, 5.74) is 5.11. The van der Waals surface area contributed by atoms with E-state index in [0.29, 0.717) is 12.5 Å². The van der Waals surface area contributed by atoms with Crippen molar-refractivity contribution < 1.29 is 9.90 Å². The largest absolute Gasteiger partial charge is 0.480 e. The fourth-order valence-corrected chi connectivity index (χ4v) is 2.99. The van der Waals surface area contributed by atoms with Gasteiger partial charge in [0.2, 0.25) is 0 Å². The van der Waals surface area contributed by atoms with Crippen LogP contribution in [0.5, 0.6) is 0 Å². The summed E-state index contributed by atoms with van der Waals surface area (Å²) in [7, 11) is 0. The lowest BCUT2D eigenvalue weighted by Gasteiger charge is -2.39. The lowest BCUT2D eigenvalue weighted by Crippen LogP contribution is -2.60. The van der Waals surface area contributed by atoms with Gasteiger partial charge in [-0.25, -0.2) is 0 Å². The fourth-order valence-electron chi connectivity index (χ4n) is 2.99. The molecule has 1 heterocycles. The molecule has 0 aromatic rings. The van der Waals surface area contributed by atoms with Crippen LogP contribution in [0.4, 0.5) is 0 Å². The number of hydrogen-bond acceptors (Lipinski definition) is 4. The zero-order chi connectivity index (χ0) is 14.0. The second kappa shape index (κ2) is 5.77. The van der Waals surface area contributed by atoms with Crippen LogP contribution in [0.2, 0.25) is 0 Å². The first-order chi connectivity index (χ1) is 8.91. The molecule has 2 rings (SSSR count). The molecular formula is C14H27N3O2. The average Bonchev–Trinajstić information content (AvgIpc) is 3.15. The van der Waals surface area contributed by atoms with E-state index in [9.17, 15) is 9.90 Å². The number of piperazine rings is 1. The van der Waals surface area contributed by atoms with Crippen LogP contribution in [0.25, 0.3) is 0 Å². The Balaban J connectivity index is 1.83. The molecule has 2 aliphatic rings. The number of rotatable bonds is 6. The molecule has 1 atom stereocenters. The Morgan fingerprint density at radius 3 is 2.21 bits per heavy atom. The van der Waals surface area contributed by atoms with Crippen LogP contribution in [-0.2, 0) is 4.79 Å². The number of carbonyl (C=O) groups is 1. The molecular weight excluding hydrogens is 242 g/mol. The molecule has 5 nitrogen and oxygen atoms in total. The summed E-state index contributed by atoms with van der Waals surface area (Å²) < 4.78 is 0. The van der Waals surface area contributed by atoms with E-state index < -0.39 is 11.5 Å². The van der Waals surface area contributed by atoms with Crippen LogP contribution in [0, 0.1) is 11.8 Å². The van der Waals surface area contributed by atoms with Gasteiger partial charge in [0.25, 0.3) is 0 Å². The topological polar surface area (TPSA) is 69.8 Å². The van der Waals surface area contributed by atoms with Crippen LogP contribution < -0.4 is 5.73 Å². The summed E-state index contributed by atoms with van der Waals surface area (Å²) in [4.78, 5) is 16.1. The minimum atomic E-state index is -1.03. The summed E-state index contributed by atoms with van der Waals surface area (Å²) in [6, 6.07) is 0. The van der Waals surface area contributed by atoms with Gasteiger partial charge in [-0.1, -0.05) is 13.8 Å². The minimum absolute atomic E-state index is 0.179. The molecule has 0 amide bonds. The van der Waals surface area contributed by atoms with Crippen molar-refractivity contribution >= 4 is 5.97 Å². The third kappa shape index (κ3) is 3.68. The number of nitrogens with two attached hydrogens (primary N) is 1. The van der Waals surface area contributed by atoms with Crippen molar-refractivity contribution in [2.75, 3.05) is 39.3 Å². The van der Waals surface area contributed by atoms with Gasteiger partial charge in [-0.3, -0.25) is 9.69 Å². The predicted octanol–water partition coefficient (Wildman–Crippen LogP) is 0.452. The molecule has 0 radical (unpaired) electrons. The molecule has 1 saturated heterocycles. The highest BCUT2D eigenvalue weighted by Crippen LogP contribution is 2.39. The van der Waals surface area contributed by atoms with Crippen LogP contribution in [0.3, 0.4) is 0 Å².